The number of hydrogen-bond acceptors (Lipinski definition) is 4. The molecular formula is C15H18ClF3N2O3. The molecule has 0 spiro atoms. The lowest BCUT2D eigenvalue weighted by Crippen LogP contribution is -2.69. The van der Waals surface area contributed by atoms with Gasteiger partial charge in [-0.1, -0.05) is 24.6 Å². The van der Waals surface area contributed by atoms with E-state index < -0.39 is 23.7 Å². The number of anilines is 1. The third-order valence-corrected chi connectivity index (χ3v) is 3.20. The Hall–Kier alpha value is -1.96. The lowest BCUT2D eigenvalue weighted by Gasteiger charge is -2.35. The van der Waals surface area contributed by atoms with Gasteiger partial charge in [0, 0.05) is 17.1 Å². The fourth-order valence-electron chi connectivity index (χ4n) is 1.91. The molecule has 5 nitrogen and oxygen atoms in total. The van der Waals surface area contributed by atoms with Crippen molar-refractivity contribution < 1.29 is 27.5 Å². The number of halogens is 4. The average Bonchev–Trinajstić information content (AvgIpc) is 2.45. The zero-order valence-corrected chi connectivity index (χ0v) is 13.9. The third kappa shape index (κ3) is 4.77. The number of carbonyl (C=O) groups is 2. The van der Waals surface area contributed by atoms with Gasteiger partial charge in [0.05, 0.1) is 6.61 Å². The number of esters is 1. The van der Waals surface area contributed by atoms with Crippen molar-refractivity contribution in [1.82, 2.24) is 5.32 Å². The Morgan fingerprint density at radius 2 is 1.92 bits per heavy atom. The van der Waals surface area contributed by atoms with Crippen LogP contribution >= 0.6 is 11.6 Å². The summed E-state index contributed by atoms with van der Waals surface area (Å²) in [5.41, 5.74) is -3.50. The first-order chi connectivity index (χ1) is 11.2. The fraction of sp³-hybridized carbons (Fsp3) is 0.467. The van der Waals surface area contributed by atoms with Crippen molar-refractivity contribution in [2.45, 2.75) is 38.5 Å². The van der Waals surface area contributed by atoms with Crippen molar-refractivity contribution in [3.63, 3.8) is 0 Å². The average molecular weight is 367 g/mol. The van der Waals surface area contributed by atoms with Gasteiger partial charge in [-0.15, -0.1) is 0 Å². The molecule has 0 radical (unpaired) electrons. The highest BCUT2D eigenvalue weighted by atomic mass is 35.5. The summed E-state index contributed by atoms with van der Waals surface area (Å²) < 4.78 is 45.7. The highest BCUT2D eigenvalue weighted by Gasteiger charge is 2.63. The molecule has 1 atom stereocenters. The van der Waals surface area contributed by atoms with Crippen LogP contribution in [0.4, 0.5) is 18.9 Å². The van der Waals surface area contributed by atoms with E-state index in [0.29, 0.717) is 6.42 Å². The maximum Gasteiger partial charge on any atom is 0.441 e. The van der Waals surface area contributed by atoms with Gasteiger partial charge in [0.1, 0.15) is 0 Å². The summed E-state index contributed by atoms with van der Waals surface area (Å²) in [6.07, 6.45) is -5.00. The quantitative estimate of drug-likeness (QED) is 0.572. The summed E-state index contributed by atoms with van der Waals surface area (Å²) in [5, 5.41) is 3.93. The predicted molar refractivity (Wildman–Crippen MR) is 83.5 cm³/mol. The highest BCUT2D eigenvalue weighted by Crippen LogP contribution is 2.33. The van der Waals surface area contributed by atoms with Gasteiger partial charge < -0.3 is 15.4 Å². The van der Waals surface area contributed by atoms with E-state index in [9.17, 15) is 22.8 Å². The topological polar surface area (TPSA) is 67.4 Å². The van der Waals surface area contributed by atoms with E-state index in [1.807, 2.05) is 5.32 Å². The number of hydrogen-bond donors (Lipinski definition) is 2. The summed E-state index contributed by atoms with van der Waals surface area (Å²) in [7, 11) is 0. The minimum absolute atomic E-state index is 0.0929. The SMILES string of the molecule is CCCC(=O)NC(Nc1cccc(Cl)c1)(C(=O)OCC)C(F)(F)F. The van der Waals surface area contributed by atoms with E-state index >= 15 is 0 Å². The molecule has 0 heterocycles. The van der Waals surface area contributed by atoms with Crippen LogP contribution in [0.2, 0.25) is 5.02 Å². The second-order valence-corrected chi connectivity index (χ2v) is 5.34. The van der Waals surface area contributed by atoms with Gasteiger partial charge in [0.25, 0.3) is 0 Å². The van der Waals surface area contributed by atoms with Crippen molar-refractivity contribution in [2.24, 2.45) is 0 Å². The van der Waals surface area contributed by atoms with E-state index in [4.69, 9.17) is 11.6 Å². The molecule has 0 fully saturated rings. The first kappa shape index (κ1) is 20.1. The number of carbonyl (C=O) groups excluding carboxylic acids is 2. The second kappa shape index (κ2) is 8.23. The van der Waals surface area contributed by atoms with Crippen LogP contribution in [0.1, 0.15) is 26.7 Å². The summed E-state index contributed by atoms with van der Waals surface area (Å²) >= 11 is 5.76. The molecule has 1 rings (SSSR count). The van der Waals surface area contributed by atoms with Crippen LogP contribution in [-0.4, -0.2) is 30.3 Å². The maximum absolute atomic E-state index is 13.7. The Morgan fingerprint density at radius 1 is 1.25 bits per heavy atom. The normalized spacial score (nSPS) is 13.8. The molecule has 0 aliphatic rings. The van der Waals surface area contributed by atoms with Crippen LogP contribution in [0.25, 0.3) is 0 Å². The number of nitrogens with one attached hydrogen (secondary N) is 2. The highest BCUT2D eigenvalue weighted by molar-refractivity contribution is 6.30. The molecule has 9 heteroatoms. The summed E-state index contributed by atoms with van der Waals surface area (Å²) in [4.78, 5) is 23.9. The zero-order chi connectivity index (χ0) is 18.4. The van der Waals surface area contributed by atoms with Gasteiger partial charge >= 0.3 is 17.8 Å². The van der Waals surface area contributed by atoms with Gasteiger partial charge in [0.2, 0.25) is 5.91 Å². The van der Waals surface area contributed by atoms with Crippen molar-refractivity contribution in [3.8, 4) is 0 Å². The monoisotopic (exact) mass is 366 g/mol. The van der Waals surface area contributed by atoms with Gasteiger partial charge in [0.15, 0.2) is 0 Å². The van der Waals surface area contributed by atoms with Crippen molar-refractivity contribution in [1.29, 1.82) is 0 Å². The molecule has 0 saturated heterocycles. The summed E-state index contributed by atoms with van der Waals surface area (Å²) in [6.45, 7) is 2.72. The van der Waals surface area contributed by atoms with E-state index in [2.05, 4.69) is 4.74 Å². The van der Waals surface area contributed by atoms with E-state index in [-0.39, 0.29) is 23.7 Å². The molecular weight excluding hydrogens is 349 g/mol. The first-order valence-corrected chi connectivity index (χ1v) is 7.62. The smallest absolute Gasteiger partial charge is 0.441 e. The third-order valence-electron chi connectivity index (χ3n) is 2.97. The molecule has 0 aromatic heterocycles. The molecule has 134 valence electrons. The minimum Gasteiger partial charge on any atom is -0.463 e. The Balaban J connectivity index is 3.33. The van der Waals surface area contributed by atoms with Gasteiger partial charge in [-0.2, -0.15) is 13.2 Å². The Kier molecular flexibility index (Phi) is 6.89. The minimum atomic E-state index is -5.15. The Morgan fingerprint density at radius 3 is 2.42 bits per heavy atom. The predicted octanol–water partition coefficient (Wildman–Crippen LogP) is 3.49. The molecule has 0 aliphatic carbocycles. The number of ether oxygens (including phenoxy) is 1. The molecule has 24 heavy (non-hydrogen) atoms. The molecule has 1 aromatic rings. The maximum atomic E-state index is 13.7. The first-order valence-electron chi connectivity index (χ1n) is 7.25. The summed E-state index contributed by atoms with van der Waals surface area (Å²) in [6, 6.07) is 5.36. The van der Waals surface area contributed by atoms with Crippen molar-refractivity contribution in [3.05, 3.63) is 29.3 Å². The van der Waals surface area contributed by atoms with Crippen LogP contribution in [0.5, 0.6) is 0 Å². The van der Waals surface area contributed by atoms with Crippen LogP contribution < -0.4 is 10.6 Å². The van der Waals surface area contributed by atoms with Crippen LogP contribution in [-0.2, 0) is 14.3 Å². The summed E-state index contributed by atoms with van der Waals surface area (Å²) in [5.74, 6) is -2.58. The van der Waals surface area contributed by atoms with Gasteiger partial charge in [-0.25, -0.2) is 4.79 Å². The lowest BCUT2D eigenvalue weighted by atomic mass is 10.1. The number of alkyl halides is 3. The van der Waals surface area contributed by atoms with E-state index in [1.165, 1.54) is 31.2 Å². The van der Waals surface area contributed by atoms with Gasteiger partial charge in [-0.3, -0.25) is 4.79 Å². The zero-order valence-electron chi connectivity index (χ0n) is 13.2. The van der Waals surface area contributed by atoms with Crippen LogP contribution in [0.3, 0.4) is 0 Å². The van der Waals surface area contributed by atoms with Crippen LogP contribution in [0.15, 0.2) is 24.3 Å². The molecule has 1 amide bonds. The number of rotatable bonds is 7. The molecule has 0 saturated carbocycles. The molecule has 1 unspecified atom stereocenters. The van der Waals surface area contributed by atoms with Gasteiger partial charge in [-0.05, 0) is 31.5 Å². The van der Waals surface area contributed by atoms with Crippen molar-refractivity contribution in [2.75, 3.05) is 11.9 Å². The molecule has 2 N–H and O–H groups in total. The van der Waals surface area contributed by atoms with Crippen molar-refractivity contribution >= 4 is 29.2 Å². The van der Waals surface area contributed by atoms with Crippen LogP contribution in [0, 0.1) is 0 Å². The Bertz CT molecular complexity index is 596. The fourth-order valence-corrected chi connectivity index (χ4v) is 2.10. The molecule has 1 aromatic carbocycles. The number of benzene rings is 1. The second-order valence-electron chi connectivity index (χ2n) is 4.90. The standard InChI is InChI=1S/C15H18ClF3N2O3/c1-3-6-12(22)21-14(15(17,18)19,13(23)24-4-2)20-11-8-5-7-10(16)9-11/h5,7-9,20H,3-4,6H2,1-2H3,(H,21,22). The van der Waals surface area contributed by atoms with E-state index in [1.54, 1.807) is 12.2 Å². The largest absolute Gasteiger partial charge is 0.463 e. The number of amides is 1. The Labute approximate surface area is 142 Å². The molecule has 0 bridgehead atoms. The molecule has 0 aliphatic heterocycles. The lowest BCUT2D eigenvalue weighted by molar-refractivity contribution is -0.207. The van der Waals surface area contributed by atoms with E-state index in [0.717, 1.165) is 0 Å².